The van der Waals surface area contributed by atoms with E-state index in [-0.39, 0.29) is 5.41 Å². The average Bonchev–Trinajstić information content (AvgIpc) is 2.90. The second-order valence-corrected chi connectivity index (χ2v) is 6.43. The predicted molar refractivity (Wildman–Crippen MR) is 95.2 cm³/mol. The molecule has 2 aromatic carbocycles. The molecule has 1 N–H and O–H groups in total. The molecule has 0 saturated heterocycles. The maximum absolute atomic E-state index is 5.50. The average molecular weight is 309 g/mol. The smallest absolute Gasteiger partial charge is 0.159 e. The number of ether oxygens (including phenoxy) is 1. The van der Waals surface area contributed by atoms with E-state index in [2.05, 4.69) is 54.6 Å². The molecule has 1 aromatic heterocycles. The minimum absolute atomic E-state index is 0.00706. The van der Waals surface area contributed by atoms with Crippen molar-refractivity contribution in [2.75, 3.05) is 19.0 Å². The molecule has 23 heavy (non-hydrogen) atoms. The van der Waals surface area contributed by atoms with Gasteiger partial charge in [-0.3, -0.25) is 4.68 Å². The number of fused-ring (bicyclic) bond motifs is 1. The van der Waals surface area contributed by atoms with Crippen molar-refractivity contribution in [2.24, 2.45) is 7.05 Å². The number of anilines is 1. The molecule has 0 aliphatic rings. The Kier molecular flexibility index (Phi) is 3.99. The van der Waals surface area contributed by atoms with Crippen LogP contribution in [0.3, 0.4) is 0 Å². The van der Waals surface area contributed by atoms with E-state index in [0.29, 0.717) is 0 Å². The number of hydrogen-bond donors (Lipinski definition) is 1. The molecule has 4 heteroatoms. The normalized spacial score (nSPS) is 11.7. The highest BCUT2D eigenvalue weighted by molar-refractivity contribution is 5.95. The van der Waals surface area contributed by atoms with Gasteiger partial charge in [-0.05, 0) is 17.7 Å². The van der Waals surface area contributed by atoms with E-state index in [0.717, 1.165) is 29.0 Å². The lowest BCUT2D eigenvalue weighted by Gasteiger charge is -2.25. The Morgan fingerprint density at radius 1 is 1.09 bits per heavy atom. The van der Waals surface area contributed by atoms with Crippen LogP contribution < -0.4 is 10.1 Å². The van der Waals surface area contributed by atoms with Gasteiger partial charge >= 0.3 is 0 Å². The first-order valence-corrected chi connectivity index (χ1v) is 7.82. The minimum Gasteiger partial charge on any atom is -0.496 e. The monoisotopic (exact) mass is 309 g/mol. The third-order valence-electron chi connectivity index (χ3n) is 4.31. The molecule has 0 aliphatic carbocycles. The fourth-order valence-electron chi connectivity index (χ4n) is 2.87. The van der Waals surface area contributed by atoms with Crippen molar-refractivity contribution >= 4 is 16.7 Å². The Morgan fingerprint density at radius 2 is 1.83 bits per heavy atom. The van der Waals surface area contributed by atoms with Crippen LogP contribution in [0.15, 0.2) is 48.5 Å². The van der Waals surface area contributed by atoms with E-state index in [4.69, 9.17) is 4.74 Å². The standard InChI is InChI=1S/C19H23N3O/c1-19(2,14-9-6-5-7-10-14)13-20-18-17-15(22(3)21-18)11-8-12-16(17)23-4/h5-12H,13H2,1-4H3,(H,20,21). The summed E-state index contributed by atoms with van der Waals surface area (Å²) in [5, 5.41) is 9.16. The van der Waals surface area contributed by atoms with Crippen molar-refractivity contribution in [3.05, 3.63) is 54.1 Å². The molecule has 120 valence electrons. The molecule has 0 fully saturated rings. The van der Waals surface area contributed by atoms with Crippen LogP contribution in [0.2, 0.25) is 0 Å². The van der Waals surface area contributed by atoms with Gasteiger partial charge in [0, 0.05) is 19.0 Å². The summed E-state index contributed by atoms with van der Waals surface area (Å²) in [7, 11) is 3.65. The molecule has 3 rings (SSSR count). The summed E-state index contributed by atoms with van der Waals surface area (Å²) in [4.78, 5) is 0. The van der Waals surface area contributed by atoms with Gasteiger partial charge in [-0.15, -0.1) is 0 Å². The number of nitrogens with one attached hydrogen (secondary N) is 1. The van der Waals surface area contributed by atoms with Crippen LogP contribution in [0.25, 0.3) is 10.9 Å². The number of benzene rings is 2. The van der Waals surface area contributed by atoms with Gasteiger partial charge in [0.15, 0.2) is 5.82 Å². The second kappa shape index (κ2) is 5.95. The van der Waals surface area contributed by atoms with Gasteiger partial charge in [-0.2, -0.15) is 5.10 Å². The van der Waals surface area contributed by atoms with E-state index in [1.54, 1.807) is 7.11 Å². The number of nitrogens with zero attached hydrogens (tertiary/aromatic N) is 2. The topological polar surface area (TPSA) is 39.1 Å². The lowest BCUT2D eigenvalue weighted by Crippen LogP contribution is -2.27. The quantitative estimate of drug-likeness (QED) is 0.775. The summed E-state index contributed by atoms with van der Waals surface area (Å²) >= 11 is 0. The minimum atomic E-state index is 0.00706. The Labute approximate surface area is 137 Å². The van der Waals surface area contributed by atoms with E-state index in [9.17, 15) is 0 Å². The van der Waals surface area contributed by atoms with Crippen LogP contribution in [0, 0.1) is 0 Å². The largest absolute Gasteiger partial charge is 0.496 e. The van der Waals surface area contributed by atoms with E-state index < -0.39 is 0 Å². The van der Waals surface area contributed by atoms with Crippen molar-refractivity contribution < 1.29 is 4.74 Å². The molecular weight excluding hydrogens is 286 g/mol. The first-order valence-electron chi connectivity index (χ1n) is 7.82. The zero-order chi connectivity index (χ0) is 16.4. The molecule has 0 amide bonds. The van der Waals surface area contributed by atoms with Gasteiger partial charge in [-0.1, -0.05) is 50.2 Å². The first-order chi connectivity index (χ1) is 11.0. The zero-order valence-corrected chi connectivity index (χ0v) is 14.1. The van der Waals surface area contributed by atoms with Gasteiger partial charge < -0.3 is 10.1 Å². The van der Waals surface area contributed by atoms with Gasteiger partial charge in [0.1, 0.15) is 5.75 Å². The molecule has 0 spiro atoms. The molecular formula is C19H23N3O. The summed E-state index contributed by atoms with van der Waals surface area (Å²) in [6, 6.07) is 16.5. The summed E-state index contributed by atoms with van der Waals surface area (Å²) in [6.45, 7) is 5.26. The number of aromatic nitrogens is 2. The van der Waals surface area contributed by atoms with Crippen LogP contribution in [0.4, 0.5) is 5.82 Å². The van der Waals surface area contributed by atoms with Crippen LogP contribution in [0.1, 0.15) is 19.4 Å². The van der Waals surface area contributed by atoms with E-state index >= 15 is 0 Å². The van der Waals surface area contributed by atoms with Crippen molar-refractivity contribution in [2.45, 2.75) is 19.3 Å². The molecule has 0 unspecified atom stereocenters. The molecule has 4 nitrogen and oxygen atoms in total. The molecule has 0 aliphatic heterocycles. The Balaban J connectivity index is 1.91. The molecule has 0 atom stereocenters. The zero-order valence-electron chi connectivity index (χ0n) is 14.1. The predicted octanol–water partition coefficient (Wildman–Crippen LogP) is 3.97. The molecule has 0 radical (unpaired) electrons. The van der Waals surface area contributed by atoms with Crippen molar-refractivity contribution in [1.82, 2.24) is 9.78 Å². The second-order valence-electron chi connectivity index (χ2n) is 6.43. The van der Waals surface area contributed by atoms with Gasteiger partial charge in [0.2, 0.25) is 0 Å². The van der Waals surface area contributed by atoms with Crippen molar-refractivity contribution in [3.63, 3.8) is 0 Å². The lowest BCUT2D eigenvalue weighted by molar-refractivity contribution is 0.420. The van der Waals surface area contributed by atoms with E-state index in [1.807, 2.05) is 29.9 Å². The maximum atomic E-state index is 5.50. The van der Waals surface area contributed by atoms with Crippen molar-refractivity contribution in [1.29, 1.82) is 0 Å². The van der Waals surface area contributed by atoms with Gasteiger partial charge in [0.05, 0.1) is 18.0 Å². The Hall–Kier alpha value is -2.49. The highest BCUT2D eigenvalue weighted by atomic mass is 16.5. The Morgan fingerprint density at radius 3 is 2.52 bits per heavy atom. The molecule has 0 bridgehead atoms. The third kappa shape index (κ3) is 2.89. The maximum Gasteiger partial charge on any atom is 0.159 e. The SMILES string of the molecule is COc1cccc2c1c(NCC(C)(C)c1ccccc1)nn2C. The molecule has 1 heterocycles. The lowest BCUT2D eigenvalue weighted by atomic mass is 9.84. The molecule has 0 saturated carbocycles. The third-order valence-corrected chi connectivity index (χ3v) is 4.31. The van der Waals surface area contributed by atoms with E-state index in [1.165, 1.54) is 5.56 Å². The summed E-state index contributed by atoms with van der Waals surface area (Å²) < 4.78 is 7.39. The van der Waals surface area contributed by atoms with Gasteiger partial charge in [-0.25, -0.2) is 0 Å². The van der Waals surface area contributed by atoms with Crippen LogP contribution in [0.5, 0.6) is 5.75 Å². The summed E-state index contributed by atoms with van der Waals surface area (Å²) in [5.74, 6) is 1.71. The van der Waals surface area contributed by atoms with Crippen LogP contribution in [-0.2, 0) is 12.5 Å². The summed E-state index contributed by atoms with van der Waals surface area (Å²) in [6.07, 6.45) is 0. The first kappa shape index (κ1) is 15.4. The fraction of sp³-hybridized carbons (Fsp3) is 0.316. The Bertz CT molecular complexity index is 806. The fourth-order valence-corrected chi connectivity index (χ4v) is 2.87. The number of hydrogen-bond acceptors (Lipinski definition) is 3. The number of rotatable bonds is 5. The van der Waals surface area contributed by atoms with Crippen LogP contribution >= 0.6 is 0 Å². The molecule has 3 aromatic rings. The summed E-state index contributed by atoms with van der Waals surface area (Å²) in [5.41, 5.74) is 2.37. The van der Waals surface area contributed by atoms with Gasteiger partial charge in [0.25, 0.3) is 0 Å². The highest BCUT2D eigenvalue weighted by Crippen LogP contribution is 2.32. The van der Waals surface area contributed by atoms with Crippen molar-refractivity contribution in [3.8, 4) is 5.75 Å². The number of methoxy groups -OCH3 is 1. The highest BCUT2D eigenvalue weighted by Gasteiger charge is 2.22. The number of aryl methyl sites for hydroxylation is 1. The van der Waals surface area contributed by atoms with Crippen LogP contribution in [-0.4, -0.2) is 23.4 Å².